The van der Waals surface area contributed by atoms with E-state index in [-0.39, 0.29) is 5.75 Å². The molecule has 0 unspecified atom stereocenters. The average molecular weight is 248 g/mol. The number of nitrogens with zero attached hydrogens (tertiary/aromatic N) is 1. The summed E-state index contributed by atoms with van der Waals surface area (Å²) >= 11 is 4.47. The number of carboxylic acid groups (broad SMARTS) is 1. The third-order valence-electron chi connectivity index (χ3n) is 1.06. The van der Waals surface area contributed by atoms with E-state index in [1.54, 1.807) is 12.3 Å². The van der Waals surface area contributed by atoms with E-state index in [1.165, 1.54) is 11.8 Å². The summed E-state index contributed by atoms with van der Waals surface area (Å²) in [5, 5.41) is 9.11. The molecule has 1 heterocycles. The predicted molar refractivity (Wildman–Crippen MR) is 50.3 cm³/mol. The Bertz CT molecular complexity index is 292. The molecule has 0 saturated carbocycles. The van der Waals surface area contributed by atoms with Crippen LogP contribution >= 0.6 is 27.7 Å². The van der Waals surface area contributed by atoms with Crippen molar-refractivity contribution in [3.8, 4) is 0 Å². The van der Waals surface area contributed by atoms with Crippen LogP contribution in [-0.2, 0) is 4.79 Å². The number of carboxylic acids is 1. The summed E-state index contributed by atoms with van der Waals surface area (Å²) in [6, 6.07) is 3.62. The van der Waals surface area contributed by atoms with Crippen LogP contribution in [0.15, 0.2) is 27.8 Å². The molecule has 0 atom stereocenters. The van der Waals surface area contributed by atoms with Crippen molar-refractivity contribution in [1.82, 2.24) is 4.98 Å². The van der Waals surface area contributed by atoms with Crippen molar-refractivity contribution in [3.63, 3.8) is 0 Å². The van der Waals surface area contributed by atoms with Crippen LogP contribution in [0.3, 0.4) is 0 Å². The minimum Gasteiger partial charge on any atom is -0.481 e. The lowest BCUT2D eigenvalue weighted by molar-refractivity contribution is -0.133. The number of rotatable bonds is 3. The molecular weight excluding hydrogens is 242 g/mol. The SMILES string of the molecule is O=C(O)CSc1ncccc1Br. The first-order chi connectivity index (χ1) is 5.70. The zero-order valence-corrected chi connectivity index (χ0v) is 8.43. The first-order valence-electron chi connectivity index (χ1n) is 3.15. The Morgan fingerprint density at radius 1 is 1.75 bits per heavy atom. The number of pyridine rings is 1. The molecule has 1 rings (SSSR count). The van der Waals surface area contributed by atoms with E-state index in [0.29, 0.717) is 5.03 Å². The monoisotopic (exact) mass is 247 g/mol. The lowest BCUT2D eigenvalue weighted by Gasteiger charge is -1.98. The second kappa shape index (κ2) is 4.47. The molecule has 0 saturated heterocycles. The van der Waals surface area contributed by atoms with Crippen LogP contribution in [0.25, 0.3) is 0 Å². The van der Waals surface area contributed by atoms with Crippen LogP contribution in [-0.4, -0.2) is 21.8 Å². The quantitative estimate of drug-likeness (QED) is 0.831. The normalized spacial score (nSPS) is 9.75. The molecule has 0 spiro atoms. The second-order valence-electron chi connectivity index (χ2n) is 1.97. The van der Waals surface area contributed by atoms with Crippen LogP contribution in [0.2, 0.25) is 0 Å². The molecule has 1 aromatic heterocycles. The highest BCUT2D eigenvalue weighted by Crippen LogP contribution is 2.23. The highest BCUT2D eigenvalue weighted by molar-refractivity contribution is 9.10. The fourth-order valence-corrected chi connectivity index (χ4v) is 1.81. The van der Waals surface area contributed by atoms with Gasteiger partial charge in [-0.2, -0.15) is 0 Å². The van der Waals surface area contributed by atoms with Crippen molar-refractivity contribution in [2.75, 3.05) is 5.75 Å². The van der Waals surface area contributed by atoms with Crippen LogP contribution in [0.1, 0.15) is 0 Å². The third kappa shape index (κ3) is 2.83. The molecule has 3 nitrogen and oxygen atoms in total. The minimum atomic E-state index is -0.836. The van der Waals surface area contributed by atoms with Crippen LogP contribution < -0.4 is 0 Å². The zero-order valence-electron chi connectivity index (χ0n) is 6.03. The van der Waals surface area contributed by atoms with Crippen LogP contribution in [0.5, 0.6) is 0 Å². The topological polar surface area (TPSA) is 50.2 Å². The Morgan fingerprint density at radius 3 is 3.08 bits per heavy atom. The zero-order chi connectivity index (χ0) is 8.97. The van der Waals surface area contributed by atoms with E-state index in [4.69, 9.17) is 5.11 Å². The van der Waals surface area contributed by atoms with E-state index < -0.39 is 5.97 Å². The maximum atomic E-state index is 10.2. The summed E-state index contributed by atoms with van der Waals surface area (Å²) in [5.74, 6) is -0.798. The molecule has 1 N–H and O–H groups in total. The Morgan fingerprint density at radius 2 is 2.50 bits per heavy atom. The van der Waals surface area contributed by atoms with Gasteiger partial charge >= 0.3 is 5.97 Å². The molecule has 0 aliphatic rings. The fourth-order valence-electron chi connectivity index (χ4n) is 0.608. The van der Waals surface area contributed by atoms with Crippen molar-refractivity contribution >= 4 is 33.7 Å². The first kappa shape index (κ1) is 9.54. The predicted octanol–water partition coefficient (Wildman–Crippen LogP) is 2.02. The summed E-state index contributed by atoms with van der Waals surface area (Å²) in [6.07, 6.45) is 1.63. The molecule has 12 heavy (non-hydrogen) atoms. The van der Waals surface area contributed by atoms with Crippen LogP contribution in [0.4, 0.5) is 0 Å². The number of aromatic nitrogens is 1. The van der Waals surface area contributed by atoms with E-state index in [2.05, 4.69) is 20.9 Å². The molecule has 0 fully saturated rings. The third-order valence-corrected chi connectivity index (χ3v) is 2.95. The average Bonchev–Trinajstić information content (AvgIpc) is 2.03. The maximum absolute atomic E-state index is 10.2. The van der Waals surface area contributed by atoms with Gasteiger partial charge in [0.1, 0.15) is 5.03 Å². The molecule has 0 aromatic carbocycles. The van der Waals surface area contributed by atoms with Crippen LogP contribution in [0, 0.1) is 0 Å². The summed E-state index contributed by atoms with van der Waals surface area (Å²) in [6.45, 7) is 0. The Hall–Kier alpha value is -0.550. The minimum absolute atomic E-state index is 0.0373. The van der Waals surface area contributed by atoms with Gasteiger partial charge in [-0.05, 0) is 28.1 Å². The van der Waals surface area contributed by atoms with Crippen molar-refractivity contribution in [1.29, 1.82) is 0 Å². The first-order valence-corrected chi connectivity index (χ1v) is 4.93. The summed E-state index contributed by atoms with van der Waals surface area (Å²) in [5.41, 5.74) is 0. The second-order valence-corrected chi connectivity index (χ2v) is 3.79. The molecule has 5 heteroatoms. The Balaban J connectivity index is 2.63. The fraction of sp³-hybridized carbons (Fsp3) is 0.143. The molecule has 0 aliphatic carbocycles. The molecule has 0 aliphatic heterocycles. The van der Waals surface area contributed by atoms with Gasteiger partial charge in [-0.1, -0.05) is 11.8 Å². The lowest BCUT2D eigenvalue weighted by Crippen LogP contribution is -1.98. The molecule has 1 aromatic rings. The number of hydrogen-bond acceptors (Lipinski definition) is 3. The number of thioether (sulfide) groups is 1. The molecule has 0 bridgehead atoms. The molecule has 0 radical (unpaired) electrons. The number of aliphatic carboxylic acids is 1. The van der Waals surface area contributed by atoms with Gasteiger partial charge in [-0.25, -0.2) is 4.98 Å². The summed E-state index contributed by atoms with van der Waals surface area (Å²) < 4.78 is 0.830. The van der Waals surface area contributed by atoms with Gasteiger partial charge in [0, 0.05) is 10.7 Å². The van der Waals surface area contributed by atoms with Gasteiger partial charge in [-0.15, -0.1) is 0 Å². The van der Waals surface area contributed by atoms with Crippen molar-refractivity contribution < 1.29 is 9.90 Å². The number of carbonyl (C=O) groups is 1. The summed E-state index contributed by atoms with van der Waals surface area (Å²) in [4.78, 5) is 14.2. The van der Waals surface area contributed by atoms with Crippen molar-refractivity contribution in [3.05, 3.63) is 22.8 Å². The Kier molecular flexibility index (Phi) is 3.55. The van der Waals surface area contributed by atoms with E-state index >= 15 is 0 Å². The van der Waals surface area contributed by atoms with Gasteiger partial charge < -0.3 is 5.11 Å². The molecule has 0 amide bonds. The van der Waals surface area contributed by atoms with Gasteiger partial charge in [0.2, 0.25) is 0 Å². The van der Waals surface area contributed by atoms with E-state index in [1.807, 2.05) is 6.07 Å². The van der Waals surface area contributed by atoms with Gasteiger partial charge in [0.05, 0.1) is 5.75 Å². The van der Waals surface area contributed by atoms with Crippen molar-refractivity contribution in [2.45, 2.75) is 5.03 Å². The number of hydrogen-bond donors (Lipinski definition) is 1. The van der Waals surface area contributed by atoms with Gasteiger partial charge in [-0.3, -0.25) is 4.79 Å². The van der Waals surface area contributed by atoms with Crippen molar-refractivity contribution in [2.24, 2.45) is 0 Å². The summed E-state index contributed by atoms with van der Waals surface area (Å²) in [7, 11) is 0. The van der Waals surface area contributed by atoms with E-state index in [0.717, 1.165) is 4.47 Å². The highest BCUT2D eigenvalue weighted by Gasteiger charge is 2.03. The molecule has 64 valence electrons. The maximum Gasteiger partial charge on any atom is 0.313 e. The van der Waals surface area contributed by atoms with E-state index in [9.17, 15) is 4.79 Å². The standard InChI is InChI=1S/C7H6BrNO2S/c8-5-2-1-3-9-7(5)12-4-6(10)11/h1-3H,4H2,(H,10,11). The molecular formula is C7H6BrNO2S. The number of halogens is 1. The highest BCUT2D eigenvalue weighted by atomic mass is 79.9. The van der Waals surface area contributed by atoms with Gasteiger partial charge in [0.15, 0.2) is 0 Å². The largest absolute Gasteiger partial charge is 0.481 e. The smallest absolute Gasteiger partial charge is 0.313 e. The lowest BCUT2D eigenvalue weighted by atomic mass is 10.5. The van der Waals surface area contributed by atoms with Gasteiger partial charge in [0.25, 0.3) is 0 Å². The Labute approximate surface area is 82.3 Å².